The van der Waals surface area contributed by atoms with Gasteiger partial charge in [0, 0.05) is 30.7 Å². The van der Waals surface area contributed by atoms with Crippen molar-refractivity contribution >= 4 is 29.3 Å². The molecule has 1 amide bonds. The lowest BCUT2D eigenvalue weighted by Crippen LogP contribution is -2.27. The molecule has 0 aliphatic rings. The molecule has 29 heavy (non-hydrogen) atoms. The summed E-state index contributed by atoms with van der Waals surface area (Å²) < 4.78 is 14.9. The first-order valence-electron chi connectivity index (χ1n) is 8.89. The summed E-state index contributed by atoms with van der Waals surface area (Å²) in [5, 5.41) is 9.80. The summed E-state index contributed by atoms with van der Waals surface area (Å²) in [5.74, 6) is 0.557. The predicted molar refractivity (Wildman–Crippen MR) is 114 cm³/mol. The van der Waals surface area contributed by atoms with Crippen LogP contribution in [-0.4, -0.2) is 38.4 Å². The van der Waals surface area contributed by atoms with Gasteiger partial charge in [-0.15, -0.1) is 16.8 Å². The molecule has 8 heteroatoms. The summed E-state index contributed by atoms with van der Waals surface area (Å²) in [6.45, 7) is 4.73. The third-order valence-electron chi connectivity index (χ3n) is 4.21. The second-order valence-electron chi connectivity index (χ2n) is 6.38. The molecule has 3 rings (SSSR count). The van der Waals surface area contributed by atoms with Crippen LogP contribution in [0.15, 0.2) is 66.3 Å². The van der Waals surface area contributed by atoms with E-state index in [0.717, 1.165) is 11.1 Å². The van der Waals surface area contributed by atoms with Crippen molar-refractivity contribution in [3.63, 3.8) is 0 Å². The third-order valence-corrected chi connectivity index (χ3v) is 5.42. The minimum atomic E-state index is -0.295. The van der Waals surface area contributed by atoms with E-state index < -0.39 is 0 Å². The number of allylic oxidation sites excluding steroid dienone is 1. The minimum absolute atomic E-state index is 0.0551. The SMILES string of the molecule is C=CCn1c(SCC(=O)N(C)Cc2ccc(F)cc2)nnc1-c1ccc(Cl)cc1. The molecule has 1 heterocycles. The molecular weight excluding hydrogens is 411 g/mol. The molecule has 150 valence electrons. The fourth-order valence-electron chi connectivity index (χ4n) is 2.69. The molecule has 0 aliphatic heterocycles. The maximum Gasteiger partial charge on any atom is 0.233 e. The van der Waals surface area contributed by atoms with E-state index in [1.807, 2.05) is 16.7 Å². The molecular formula is C21H20ClFN4OS. The Balaban J connectivity index is 1.67. The lowest BCUT2D eigenvalue weighted by Gasteiger charge is -2.17. The highest BCUT2D eigenvalue weighted by Gasteiger charge is 2.16. The zero-order valence-corrected chi connectivity index (χ0v) is 17.5. The van der Waals surface area contributed by atoms with Crippen LogP contribution in [0.5, 0.6) is 0 Å². The largest absolute Gasteiger partial charge is 0.341 e. The fourth-order valence-corrected chi connectivity index (χ4v) is 3.70. The molecule has 0 unspecified atom stereocenters. The first kappa shape index (κ1) is 21.1. The summed E-state index contributed by atoms with van der Waals surface area (Å²) in [5.41, 5.74) is 1.75. The Morgan fingerprint density at radius 3 is 2.55 bits per heavy atom. The van der Waals surface area contributed by atoms with Crippen molar-refractivity contribution in [2.24, 2.45) is 0 Å². The zero-order chi connectivity index (χ0) is 20.8. The number of aromatic nitrogens is 3. The maximum absolute atomic E-state index is 13.0. The summed E-state index contributed by atoms with van der Waals surface area (Å²) >= 11 is 7.28. The van der Waals surface area contributed by atoms with Crippen molar-refractivity contribution in [1.82, 2.24) is 19.7 Å². The minimum Gasteiger partial charge on any atom is -0.341 e. The number of carbonyl (C=O) groups excluding carboxylic acids is 1. The van der Waals surface area contributed by atoms with Gasteiger partial charge in [0.05, 0.1) is 5.75 Å². The molecule has 0 atom stereocenters. The molecule has 0 saturated heterocycles. The van der Waals surface area contributed by atoms with Crippen LogP contribution in [-0.2, 0) is 17.9 Å². The number of benzene rings is 2. The highest BCUT2D eigenvalue weighted by atomic mass is 35.5. The topological polar surface area (TPSA) is 51.0 Å². The highest BCUT2D eigenvalue weighted by Crippen LogP contribution is 2.25. The first-order valence-corrected chi connectivity index (χ1v) is 10.3. The van der Waals surface area contributed by atoms with Gasteiger partial charge in [-0.3, -0.25) is 9.36 Å². The number of hydrogen-bond donors (Lipinski definition) is 0. The van der Waals surface area contributed by atoms with Gasteiger partial charge in [-0.05, 0) is 42.0 Å². The van der Waals surface area contributed by atoms with Gasteiger partial charge in [-0.2, -0.15) is 0 Å². The van der Waals surface area contributed by atoms with Crippen LogP contribution in [0.4, 0.5) is 4.39 Å². The van der Waals surface area contributed by atoms with Crippen molar-refractivity contribution in [1.29, 1.82) is 0 Å². The molecule has 0 saturated carbocycles. The summed E-state index contributed by atoms with van der Waals surface area (Å²) in [6, 6.07) is 13.5. The predicted octanol–water partition coefficient (Wildman–Crippen LogP) is 4.67. The number of nitrogens with zero attached hydrogens (tertiary/aromatic N) is 4. The average Bonchev–Trinajstić information content (AvgIpc) is 3.11. The van der Waals surface area contributed by atoms with Crippen LogP contribution < -0.4 is 0 Å². The normalized spacial score (nSPS) is 10.7. The Morgan fingerprint density at radius 2 is 1.90 bits per heavy atom. The molecule has 5 nitrogen and oxygen atoms in total. The molecule has 0 spiro atoms. The molecule has 0 bridgehead atoms. The molecule has 2 aromatic carbocycles. The smallest absolute Gasteiger partial charge is 0.233 e. The fraction of sp³-hybridized carbons (Fsp3) is 0.190. The Kier molecular flexibility index (Phi) is 7.06. The van der Waals surface area contributed by atoms with Crippen LogP contribution >= 0.6 is 23.4 Å². The van der Waals surface area contributed by atoms with E-state index in [0.29, 0.717) is 29.1 Å². The molecule has 0 radical (unpaired) electrons. The quantitative estimate of drug-likeness (QED) is 0.385. The number of thioether (sulfide) groups is 1. The van der Waals surface area contributed by atoms with Crippen molar-refractivity contribution in [2.75, 3.05) is 12.8 Å². The van der Waals surface area contributed by atoms with Gasteiger partial charge in [0.2, 0.25) is 5.91 Å². The van der Waals surface area contributed by atoms with Crippen LogP contribution in [0.1, 0.15) is 5.56 Å². The summed E-state index contributed by atoms with van der Waals surface area (Å²) in [7, 11) is 1.72. The maximum atomic E-state index is 13.0. The molecule has 1 aromatic heterocycles. The first-order chi connectivity index (χ1) is 14.0. The van der Waals surface area contributed by atoms with Crippen molar-refractivity contribution in [3.8, 4) is 11.4 Å². The van der Waals surface area contributed by atoms with E-state index in [4.69, 9.17) is 11.6 Å². The van der Waals surface area contributed by atoms with Gasteiger partial charge >= 0.3 is 0 Å². The number of halogens is 2. The van der Waals surface area contributed by atoms with E-state index >= 15 is 0 Å². The highest BCUT2D eigenvalue weighted by molar-refractivity contribution is 7.99. The van der Waals surface area contributed by atoms with E-state index in [-0.39, 0.29) is 17.5 Å². The Hall–Kier alpha value is -2.64. The Labute approximate surface area is 178 Å². The Morgan fingerprint density at radius 1 is 1.21 bits per heavy atom. The second kappa shape index (κ2) is 9.71. The van der Waals surface area contributed by atoms with E-state index in [2.05, 4.69) is 16.8 Å². The summed E-state index contributed by atoms with van der Waals surface area (Å²) in [6.07, 6.45) is 1.76. The lowest BCUT2D eigenvalue weighted by atomic mass is 10.2. The lowest BCUT2D eigenvalue weighted by molar-refractivity contribution is -0.127. The average molecular weight is 431 g/mol. The van der Waals surface area contributed by atoms with Gasteiger partial charge in [0.15, 0.2) is 11.0 Å². The second-order valence-corrected chi connectivity index (χ2v) is 7.76. The van der Waals surface area contributed by atoms with Gasteiger partial charge in [-0.25, -0.2) is 4.39 Å². The zero-order valence-electron chi connectivity index (χ0n) is 15.9. The molecule has 0 N–H and O–H groups in total. The summed E-state index contributed by atoms with van der Waals surface area (Å²) in [4.78, 5) is 14.1. The van der Waals surface area contributed by atoms with Gasteiger partial charge in [-0.1, -0.05) is 41.6 Å². The molecule has 0 fully saturated rings. The number of hydrogen-bond acceptors (Lipinski definition) is 4. The van der Waals surface area contributed by atoms with Gasteiger partial charge in [0.25, 0.3) is 0 Å². The number of amides is 1. The van der Waals surface area contributed by atoms with Crippen LogP contribution in [0.3, 0.4) is 0 Å². The molecule has 0 aliphatic carbocycles. The van der Waals surface area contributed by atoms with Gasteiger partial charge < -0.3 is 4.90 Å². The number of rotatable bonds is 8. The van der Waals surface area contributed by atoms with E-state index in [1.165, 1.54) is 23.9 Å². The van der Waals surface area contributed by atoms with E-state index in [1.54, 1.807) is 42.3 Å². The molecule has 3 aromatic rings. The van der Waals surface area contributed by atoms with Crippen molar-refractivity contribution in [2.45, 2.75) is 18.2 Å². The van der Waals surface area contributed by atoms with Crippen molar-refractivity contribution in [3.05, 3.63) is 77.6 Å². The van der Waals surface area contributed by atoms with Crippen LogP contribution in [0.25, 0.3) is 11.4 Å². The number of carbonyl (C=O) groups is 1. The van der Waals surface area contributed by atoms with Crippen LogP contribution in [0, 0.1) is 5.82 Å². The monoisotopic (exact) mass is 430 g/mol. The van der Waals surface area contributed by atoms with Gasteiger partial charge in [0.1, 0.15) is 5.82 Å². The van der Waals surface area contributed by atoms with Crippen molar-refractivity contribution < 1.29 is 9.18 Å². The van der Waals surface area contributed by atoms with E-state index in [9.17, 15) is 9.18 Å². The standard InChI is InChI=1S/C21H20ClFN4OS/c1-3-12-27-20(16-6-8-17(22)9-7-16)24-25-21(27)29-14-19(28)26(2)13-15-4-10-18(23)11-5-15/h3-11H,1,12-14H2,2H3. The van der Waals surface area contributed by atoms with Crippen LogP contribution in [0.2, 0.25) is 5.02 Å². The Bertz CT molecular complexity index is 989. The third kappa shape index (κ3) is 5.46.